The smallest absolute Gasteiger partial charge is 0.306 e. The van der Waals surface area contributed by atoms with Gasteiger partial charge in [-0.15, -0.1) is 0 Å². The lowest BCUT2D eigenvalue weighted by atomic mass is 9.80. The van der Waals surface area contributed by atoms with Crippen LogP contribution in [0.1, 0.15) is 91.9 Å². The molecule has 4 atom stereocenters. The molecule has 0 heterocycles. The van der Waals surface area contributed by atoms with E-state index in [0.717, 1.165) is 51.4 Å². The lowest BCUT2D eigenvalue weighted by Gasteiger charge is -2.29. The molecule has 27 heavy (non-hydrogen) atoms. The van der Waals surface area contributed by atoms with Gasteiger partial charge in [0, 0.05) is 12.3 Å². The fourth-order valence-electron chi connectivity index (χ4n) is 3.94. The summed E-state index contributed by atoms with van der Waals surface area (Å²) in [5.41, 5.74) is -0.133. The van der Waals surface area contributed by atoms with Crippen LogP contribution in [0.2, 0.25) is 0 Å². The molecule has 156 valence electrons. The van der Waals surface area contributed by atoms with Crippen molar-refractivity contribution in [1.82, 2.24) is 0 Å². The summed E-state index contributed by atoms with van der Waals surface area (Å²) in [4.78, 5) is 23.1. The fraction of sp³-hybridized carbons (Fsp3) is 0.826. The van der Waals surface area contributed by atoms with Gasteiger partial charge in [0.15, 0.2) is 0 Å². The lowest BCUT2D eigenvalue weighted by Crippen LogP contribution is -2.27. The van der Waals surface area contributed by atoms with Crippen molar-refractivity contribution >= 4 is 11.8 Å². The highest BCUT2D eigenvalue weighted by molar-refractivity contribution is 5.83. The summed E-state index contributed by atoms with van der Waals surface area (Å²) in [6, 6.07) is 0. The van der Waals surface area contributed by atoms with E-state index in [2.05, 4.69) is 26.8 Å². The second kappa shape index (κ2) is 11.6. The van der Waals surface area contributed by atoms with Gasteiger partial charge in [0.2, 0.25) is 0 Å². The molecule has 0 aromatic rings. The fourth-order valence-corrected chi connectivity index (χ4v) is 3.94. The van der Waals surface area contributed by atoms with Gasteiger partial charge in [-0.25, -0.2) is 0 Å². The van der Waals surface area contributed by atoms with Crippen LogP contribution in [0, 0.1) is 23.2 Å². The normalized spacial score (nSPS) is 23.1. The number of aliphatic hydroxyl groups is 1. The highest BCUT2D eigenvalue weighted by Crippen LogP contribution is 2.35. The number of aliphatic carboxylic acids is 1. The van der Waals surface area contributed by atoms with Gasteiger partial charge in [-0.05, 0) is 37.0 Å². The molecule has 0 amide bonds. The first-order chi connectivity index (χ1) is 12.7. The second-order valence-electron chi connectivity index (χ2n) is 9.07. The third-order valence-corrected chi connectivity index (χ3v) is 6.24. The Kier molecular flexibility index (Phi) is 10.3. The maximum atomic E-state index is 12.3. The number of unbranched alkanes of at least 4 members (excludes halogenated alkanes) is 3. The Morgan fingerprint density at radius 3 is 2.59 bits per heavy atom. The summed E-state index contributed by atoms with van der Waals surface area (Å²) in [5.74, 6) is -0.350. The lowest BCUT2D eigenvalue weighted by molar-refractivity contribution is -0.141. The van der Waals surface area contributed by atoms with Crippen LogP contribution in [-0.4, -0.2) is 28.1 Å². The van der Waals surface area contributed by atoms with Crippen molar-refractivity contribution in [3.05, 3.63) is 12.2 Å². The minimum Gasteiger partial charge on any atom is -0.481 e. The van der Waals surface area contributed by atoms with E-state index in [1.807, 2.05) is 6.08 Å². The maximum absolute atomic E-state index is 12.3. The zero-order valence-corrected chi connectivity index (χ0v) is 17.7. The van der Waals surface area contributed by atoms with E-state index < -0.39 is 12.1 Å². The van der Waals surface area contributed by atoms with E-state index in [1.165, 1.54) is 0 Å². The average Bonchev–Trinajstić information content (AvgIpc) is 2.97. The van der Waals surface area contributed by atoms with Crippen molar-refractivity contribution in [1.29, 1.82) is 0 Å². The molecule has 2 unspecified atom stereocenters. The SMILES string of the molecule is CCCCC(C)(C)[C@@H](O)/C=C/C1CCC(=O)[C@@H]1CCCCCC(C)C(=O)O. The van der Waals surface area contributed by atoms with Crippen LogP contribution in [-0.2, 0) is 9.59 Å². The largest absolute Gasteiger partial charge is 0.481 e. The average molecular weight is 381 g/mol. The van der Waals surface area contributed by atoms with E-state index in [0.29, 0.717) is 18.6 Å². The van der Waals surface area contributed by atoms with Crippen molar-refractivity contribution in [2.75, 3.05) is 0 Å². The van der Waals surface area contributed by atoms with Crippen LogP contribution in [0.25, 0.3) is 0 Å². The van der Waals surface area contributed by atoms with Gasteiger partial charge in [-0.1, -0.05) is 72.0 Å². The molecule has 4 heteroatoms. The molecule has 4 nitrogen and oxygen atoms in total. The molecule has 0 aromatic carbocycles. The number of carboxylic acids is 1. The Morgan fingerprint density at radius 2 is 1.96 bits per heavy atom. The first-order valence-electron chi connectivity index (χ1n) is 10.8. The van der Waals surface area contributed by atoms with E-state index in [-0.39, 0.29) is 23.2 Å². The second-order valence-corrected chi connectivity index (χ2v) is 9.07. The van der Waals surface area contributed by atoms with Crippen molar-refractivity contribution in [2.45, 2.75) is 98.0 Å². The number of allylic oxidation sites excluding steroid dienone is 1. The van der Waals surface area contributed by atoms with Crippen LogP contribution < -0.4 is 0 Å². The van der Waals surface area contributed by atoms with E-state index in [1.54, 1.807) is 6.92 Å². The van der Waals surface area contributed by atoms with Crippen LogP contribution >= 0.6 is 0 Å². The topological polar surface area (TPSA) is 74.6 Å². The molecule has 1 fully saturated rings. The quantitative estimate of drug-likeness (QED) is 0.332. The zero-order chi connectivity index (χ0) is 20.4. The number of hydrogen-bond donors (Lipinski definition) is 2. The third kappa shape index (κ3) is 8.16. The maximum Gasteiger partial charge on any atom is 0.306 e. The molecule has 0 saturated heterocycles. The molecular formula is C23H40O4. The van der Waals surface area contributed by atoms with E-state index in [9.17, 15) is 14.7 Å². The van der Waals surface area contributed by atoms with Crippen molar-refractivity contribution < 1.29 is 19.8 Å². The van der Waals surface area contributed by atoms with E-state index >= 15 is 0 Å². The van der Waals surface area contributed by atoms with E-state index in [4.69, 9.17) is 5.11 Å². The Hall–Kier alpha value is -1.16. The summed E-state index contributed by atoms with van der Waals surface area (Å²) in [6.45, 7) is 8.12. The van der Waals surface area contributed by atoms with Crippen LogP contribution in [0.4, 0.5) is 0 Å². The van der Waals surface area contributed by atoms with Crippen molar-refractivity contribution in [3.8, 4) is 0 Å². The predicted molar refractivity (Wildman–Crippen MR) is 110 cm³/mol. The Morgan fingerprint density at radius 1 is 1.26 bits per heavy atom. The predicted octanol–water partition coefficient (Wildman–Crippen LogP) is 5.39. The summed E-state index contributed by atoms with van der Waals surface area (Å²) >= 11 is 0. The number of ketones is 1. The number of hydrogen-bond acceptors (Lipinski definition) is 3. The first-order valence-corrected chi connectivity index (χ1v) is 10.8. The summed E-state index contributed by atoms with van der Waals surface area (Å²) < 4.78 is 0. The number of carboxylic acid groups (broad SMARTS) is 1. The van der Waals surface area contributed by atoms with Gasteiger partial charge in [0.25, 0.3) is 0 Å². The molecule has 0 spiro atoms. The molecule has 0 bridgehead atoms. The summed E-state index contributed by atoms with van der Waals surface area (Å²) in [5, 5.41) is 19.5. The minimum atomic E-state index is -0.730. The molecule has 0 aliphatic heterocycles. The number of aliphatic hydroxyl groups excluding tert-OH is 1. The van der Waals surface area contributed by atoms with Crippen LogP contribution in [0.15, 0.2) is 12.2 Å². The van der Waals surface area contributed by atoms with Gasteiger partial charge in [0.1, 0.15) is 5.78 Å². The Balaban J connectivity index is 2.46. The Labute approximate surface area is 165 Å². The molecule has 0 aromatic heterocycles. The molecule has 0 radical (unpaired) electrons. The van der Waals surface area contributed by atoms with Gasteiger partial charge in [0.05, 0.1) is 12.0 Å². The van der Waals surface area contributed by atoms with Gasteiger partial charge in [-0.2, -0.15) is 0 Å². The number of rotatable bonds is 13. The molecule has 1 aliphatic carbocycles. The van der Waals surface area contributed by atoms with Crippen LogP contribution in [0.3, 0.4) is 0 Å². The molecule has 1 saturated carbocycles. The minimum absolute atomic E-state index is 0.0732. The summed E-state index contributed by atoms with van der Waals surface area (Å²) in [6.07, 6.45) is 12.7. The van der Waals surface area contributed by atoms with Gasteiger partial charge >= 0.3 is 5.97 Å². The third-order valence-electron chi connectivity index (χ3n) is 6.24. The number of carbonyl (C=O) groups excluding carboxylic acids is 1. The van der Waals surface area contributed by atoms with Crippen molar-refractivity contribution in [2.24, 2.45) is 23.2 Å². The molecular weight excluding hydrogens is 340 g/mol. The Bertz CT molecular complexity index is 495. The number of Topliss-reactive ketones (excluding diaryl/α,β-unsaturated/α-hetero) is 1. The standard InChI is InChI=1S/C23H40O4/c1-5-6-16-23(3,4)21(25)15-13-18-12-14-20(24)19(18)11-9-7-8-10-17(2)22(26)27/h13,15,17-19,21,25H,5-12,14,16H2,1-4H3,(H,26,27)/b15-13+/t17?,18?,19-,21+/m1/s1. The molecule has 2 N–H and O–H groups in total. The number of carbonyl (C=O) groups is 2. The van der Waals surface area contributed by atoms with Crippen LogP contribution in [0.5, 0.6) is 0 Å². The zero-order valence-electron chi connectivity index (χ0n) is 17.7. The monoisotopic (exact) mass is 380 g/mol. The van der Waals surface area contributed by atoms with Gasteiger partial charge in [-0.3, -0.25) is 9.59 Å². The highest BCUT2D eigenvalue weighted by Gasteiger charge is 2.33. The van der Waals surface area contributed by atoms with Gasteiger partial charge < -0.3 is 10.2 Å². The highest BCUT2D eigenvalue weighted by atomic mass is 16.4. The molecule has 1 aliphatic rings. The molecule has 1 rings (SSSR count). The summed E-state index contributed by atoms with van der Waals surface area (Å²) in [7, 11) is 0. The first kappa shape index (κ1) is 23.9. The van der Waals surface area contributed by atoms with Crippen molar-refractivity contribution in [3.63, 3.8) is 0 Å².